The molecular weight excluding hydrogens is 348 g/mol. The second kappa shape index (κ2) is 7.94. The molecule has 0 aromatic heterocycles. The van der Waals surface area contributed by atoms with Crippen LogP contribution in [0.3, 0.4) is 0 Å². The minimum atomic E-state index is -3.72. The van der Waals surface area contributed by atoms with Crippen molar-refractivity contribution in [3.8, 4) is 0 Å². The molecule has 1 amide bonds. The van der Waals surface area contributed by atoms with E-state index in [0.29, 0.717) is 18.8 Å². The van der Waals surface area contributed by atoms with Crippen molar-refractivity contribution in [3.05, 3.63) is 29.3 Å². The second-order valence-corrected chi connectivity index (χ2v) is 7.88. The molecule has 138 valence electrons. The zero-order valence-corrected chi connectivity index (χ0v) is 15.0. The Labute approximate surface area is 146 Å². The van der Waals surface area contributed by atoms with Gasteiger partial charge in [-0.25, -0.2) is 8.42 Å². The fraction of sp³-hybridized carbons (Fsp3) is 0.500. The van der Waals surface area contributed by atoms with E-state index in [9.17, 15) is 18.0 Å². The highest BCUT2D eigenvalue weighted by Crippen LogP contribution is 2.22. The third-order valence-electron chi connectivity index (χ3n) is 3.90. The first kappa shape index (κ1) is 19.4. The van der Waals surface area contributed by atoms with E-state index in [1.807, 2.05) is 0 Å². The predicted molar refractivity (Wildman–Crippen MR) is 89.9 cm³/mol. The van der Waals surface area contributed by atoms with Crippen molar-refractivity contribution in [2.24, 2.45) is 0 Å². The molecule has 1 atom stereocenters. The van der Waals surface area contributed by atoms with Gasteiger partial charge < -0.3 is 15.2 Å². The van der Waals surface area contributed by atoms with Crippen LogP contribution in [-0.4, -0.2) is 62.1 Å². The smallest absolute Gasteiger partial charge is 0.305 e. The van der Waals surface area contributed by atoms with Crippen molar-refractivity contribution in [1.29, 1.82) is 0 Å². The molecule has 1 unspecified atom stereocenters. The molecule has 1 aliphatic heterocycles. The summed E-state index contributed by atoms with van der Waals surface area (Å²) in [4.78, 5) is 23.0. The van der Waals surface area contributed by atoms with Crippen LogP contribution in [0.1, 0.15) is 29.3 Å². The Kier molecular flexibility index (Phi) is 6.15. The Balaban J connectivity index is 2.24. The highest BCUT2D eigenvalue weighted by Gasteiger charge is 2.28. The summed E-state index contributed by atoms with van der Waals surface area (Å²) in [5.74, 6) is -1.53. The molecule has 25 heavy (non-hydrogen) atoms. The van der Waals surface area contributed by atoms with E-state index in [-0.39, 0.29) is 30.0 Å². The number of rotatable bonds is 6. The van der Waals surface area contributed by atoms with E-state index < -0.39 is 27.9 Å². The van der Waals surface area contributed by atoms with Gasteiger partial charge in [0.25, 0.3) is 5.91 Å². The highest BCUT2D eigenvalue weighted by molar-refractivity contribution is 7.89. The van der Waals surface area contributed by atoms with Gasteiger partial charge in [-0.2, -0.15) is 4.31 Å². The maximum absolute atomic E-state index is 12.8. The Hall–Kier alpha value is -1.97. The molecule has 1 heterocycles. The first-order valence-corrected chi connectivity index (χ1v) is 9.37. The maximum atomic E-state index is 12.8. The number of carbonyl (C=O) groups excluding carboxylic acids is 1. The maximum Gasteiger partial charge on any atom is 0.305 e. The molecular formula is C16H22N2O6S. The van der Waals surface area contributed by atoms with Crippen molar-refractivity contribution >= 4 is 21.9 Å². The molecule has 2 N–H and O–H groups in total. The van der Waals surface area contributed by atoms with Crippen LogP contribution < -0.4 is 5.32 Å². The standard InChI is InChI=1S/C16H22N2O6S/c1-11-3-4-13(16(21)17-12(2)9-15(19)20)10-14(11)25(22,23)18-5-7-24-8-6-18/h3-4,10,12H,5-9H2,1-2H3,(H,17,21)(H,19,20). The number of morpholine rings is 1. The van der Waals surface area contributed by atoms with Gasteiger partial charge in [0.2, 0.25) is 10.0 Å². The minimum Gasteiger partial charge on any atom is -0.481 e. The Morgan fingerprint density at radius 1 is 1.32 bits per heavy atom. The quantitative estimate of drug-likeness (QED) is 0.759. The van der Waals surface area contributed by atoms with Gasteiger partial charge in [-0.3, -0.25) is 9.59 Å². The number of aliphatic carboxylic acids is 1. The third kappa shape index (κ3) is 4.77. The van der Waals surface area contributed by atoms with Crippen molar-refractivity contribution < 1.29 is 27.9 Å². The second-order valence-electron chi connectivity index (χ2n) is 5.97. The van der Waals surface area contributed by atoms with Crippen molar-refractivity contribution in [2.45, 2.75) is 31.2 Å². The first-order chi connectivity index (χ1) is 11.7. The van der Waals surface area contributed by atoms with Crippen LogP contribution >= 0.6 is 0 Å². The average molecular weight is 370 g/mol. The number of carboxylic acids is 1. The summed E-state index contributed by atoms with van der Waals surface area (Å²) in [6.07, 6.45) is -0.212. The van der Waals surface area contributed by atoms with Crippen LogP contribution in [0.5, 0.6) is 0 Å². The Morgan fingerprint density at radius 2 is 1.96 bits per heavy atom. The zero-order chi connectivity index (χ0) is 18.6. The molecule has 1 aromatic rings. The van der Waals surface area contributed by atoms with E-state index in [4.69, 9.17) is 9.84 Å². The van der Waals surface area contributed by atoms with Gasteiger partial charge in [0.05, 0.1) is 24.5 Å². The van der Waals surface area contributed by atoms with Crippen LogP contribution in [-0.2, 0) is 19.6 Å². The summed E-state index contributed by atoms with van der Waals surface area (Å²) in [5, 5.41) is 11.3. The number of sulfonamides is 1. The fourth-order valence-corrected chi connectivity index (χ4v) is 4.22. The van der Waals surface area contributed by atoms with E-state index in [2.05, 4.69) is 5.32 Å². The topological polar surface area (TPSA) is 113 Å². The Bertz CT molecular complexity index is 756. The lowest BCUT2D eigenvalue weighted by Gasteiger charge is -2.26. The fourth-order valence-electron chi connectivity index (χ4n) is 2.57. The number of amides is 1. The number of ether oxygens (including phenoxy) is 1. The van der Waals surface area contributed by atoms with Gasteiger partial charge in [-0.05, 0) is 31.5 Å². The summed E-state index contributed by atoms with van der Waals surface area (Å²) < 4.78 is 32.1. The van der Waals surface area contributed by atoms with Crippen molar-refractivity contribution in [3.63, 3.8) is 0 Å². The number of benzene rings is 1. The molecule has 8 nitrogen and oxygen atoms in total. The van der Waals surface area contributed by atoms with Gasteiger partial charge in [0.15, 0.2) is 0 Å². The minimum absolute atomic E-state index is 0.0768. The van der Waals surface area contributed by atoms with E-state index in [1.54, 1.807) is 19.9 Å². The average Bonchev–Trinajstić information content (AvgIpc) is 2.55. The van der Waals surface area contributed by atoms with Crippen LogP contribution in [0.2, 0.25) is 0 Å². The number of hydrogen-bond acceptors (Lipinski definition) is 5. The van der Waals surface area contributed by atoms with Crippen LogP contribution in [0, 0.1) is 6.92 Å². The number of carbonyl (C=O) groups is 2. The van der Waals surface area contributed by atoms with Gasteiger partial charge in [0, 0.05) is 24.7 Å². The molecule has 2 rings (SSSR count). The van der Waals surface area contributed by atoms with Crippen LogP contribution in [0.15, 0.2) is 23.1 Å². The molecule has 0 saturated carbocycles. The van der Waals surface area contributed by atoms with Gasteiger partial charge in [-0.15, -0.1) is 0 Å². The van der Waals surface area contributed by atoms with E-state index >= 15 is 0 Å². The number of aryl methyl sites for hydroxylation is 1. The van der Waals surface area contributed by atoms with Crippen LogP contribution in [0.25, 0.3) is 0 Å². The number of nitrogens with one attached hydrogen (secondary N) is 1. The normalized spacial score (nSPS) is 17.0. The predicted octanol–water partition coefficient (Wildman–Crippen LogP) is 0.609. The Morgan fingerprint density at radius 3 is 2.56 bits per heavy atom. The summed E-state index contributed by atoms with van der Waals surface area (Å²) >= 11 is 0. The molecule has 1 saturated heterocycles. The monoisotopic (exact) mass is 370 g/mol. The number of nitrogens with zero attached hydrogens (tertiary/aromatic N) is 1. The molecule has 0 aliphatic carbocycles. The SMILES string of the molecule is Cc1ccc(C(=O)NC(C)CC(=O)O)cc1S(=O)(=O)N1CCOCC1. The molecule has 0 bridgehead atoms. The van der Waals surface area contributed by atoms with E-state index in [1.165, 1.54) is 16.4 Å². The lowest BCUT2D eigenvalue weighted by molar-refractivity contribution is -0.137. The largest absolute Gasteiger partial charge is 0.481 e. The lowest BCUT2D eigenvalue weighted by Crippen LogP contribution is -2.41. The summed E-state index contributed by atoms with van der Waals surface area (Å²) in [5.41, 5.74) is 0.719. The third-order valence-corrected chi connectivity index (χ3v) is 5.94. The highest BCUT2D eigenvalue weighted by atomic mass is 32.2. The van der Waals surface area contributed by atoms with Gasteiger partial charge in [-0.1, -0.05) is 6.07 Å². The lowest BCUT2D eigenvalue weighted by atomic mass is 10.1. The van der Waals surface area contributed by atoms with Gasteiger partial charge >= 0.3 is 5.97 Å². The molecule has 0 spiro atoms. The molecule has 1 aromatic carbocycles. The number of hydrogen-bond donors (Lipinski definition) is 2. The van der Waals surface area contributed by atoms with E-state index in [0.717, 1.165) is 0 Å². The molecule has 1 fully saturated rings. The van der Waals surface area contributed by atoms with Gasteiger partial charge in [0.1, 0.15) is 0 Å². The number of carboxylic acid groups (broad SMARTS) is 1. The molecule has 0 radical (unpaired) electrons. The summed E-state index contributed by atoms with van der Waals surface area (Å²) in [7, 11) is -3.72. The zero-order valence-electron chi connectivity index (χ0n) is 14.2. The van der Waals surface area contributed by atoms with Crippen LogP contribution in [0.4, 0.5) is 0 Å². The summed E-state index contributed by atoms with van der Waals surface area (Å²) in [6.45, 7) is 4.46. The van der Waals surface area contributed by atoms with Crippen molar-refractivity contribution in [1.82, 2.24) is 9.62 Å². The van der Waals surface area contributed by atoms with Crippen molar-refractivity contribution in [2.75, 3.05) is 26.3 Å². The molecule has 1 aliphatic rings. The summed E-state index contributed by atoms with van der Waals surface area (Å²) in [6, 6.07) is 3.87. The molecule has 9 heteroatoms. The first-order valence-electron chi connectivity index (χ1n) is 7.93.